The summed E-state index contributed by atoms with van der Waals surface area (Å²) in [6, 6.07) is 2.25. The van der Waals surface area contributed by atoms with Gasteiger partial charge in [-0.3, -0.25) is 9.78 Å². The number of nitrogens with zero attached hydrogens (tertiary/aromatic N) is 2. The van der Waals surface area contributed by atoms with Gasteiger partial charge < -0.3 is 16.4 Å². The molecule has 2 heterocycles. The first-order valence-corrected chi connectivity index (χ1v) is 7.62. The number of hydrogen-bond acceptors (Lipinski definition) is 6. The number of amides is 1. The normalized spacial score (nSPS) is 14.0. The van der Waals surface area contributed by atoms with E-state index in [1.165, 1.54) is 11.5 Å². The van der Waals surface area contributed by atoms with Crippen molar-refractivity contribution >= 4 is 28.3 Å². The molecule has 0 saturated heterocycles. The minimum atomic E-state index is -0.141. The molecule has 3 rings (SSSR count). The number of rotatable bonds is 5. The van der Waals surface area contributed by atoms with Gasteiger partial charge in [0.15, 0.2) is 5.82 Å². The van der Waals surface area contributed by atoms with Gasteiger partial charge in [-0.2, -0.15) is 4.37 Å². The Bertz CT molecular complexity index is 665. The molecule has 1 fully saturated rings. The molecule has 1 amide bonds. The molecule has 1 saturated carbocycles. The van der Waals surface area contributed by atoms with Gasteiger partial charge in [-0.1, -0.05) is 0 Å². The fourth-order valence-corrected chi connectivity index (χ4v) is 2.71. The van der Waals surface area contributed by atoms with E-state index >= 15 is 0 Å². The van der Waals surface area contributed by atoms with Gasteiger partial charge >= 0.3 is 0 Å². The highest BCUT2D eigenvalue weighted by atomic mass is 32.1. The number of nitrogens with two attached hydrogens (primary N) is 1. The standard InChI is InChI=1S/C14H17N5OS/c1-8-6-16-5-4-9(8)7-17-14-11(12(15)19-21-14)13(20)18-10-2-3-10/h4-6,10,17H,2-3,7H2,1H3,(H2,15,19)(H,18,20). The van der Waals surface area contributed by atoms with E-state index in [0.717, 1.165) is 24.0 Å². The topological polar surface area (TPSA) is 92.9 Å². The molecule has 0 aliphatic heterocycles. The van der Waals surface area contributed by atoms with Crippen molar-refractivity contribution in [3.05, 3.63) is 35.2 Å². The van der Waals surface area contributed by atoms with Crippen molar-refractivity contribution in [2.24, 2.45) is 0 Å². The maximum atomic E-state index is 12.2. The zero-order valence-electron chi connectivity index (χ0n) is 11.7. The Kier molecular flexibility index (Phi) is 3.74. The minimum Gasteiger partial charge on any atom is -0.382 e. The van der Waals surface area contributed by atoms with Gasteiger partial charge in [-0.25, -0.2) is 0 Å². The Morgan fingerprint density at radius 3 is 3.05 bits per heavy atom. The van der Waals surface area contributed by atoms with Crippen LogP contribution >= 0.6 is 11.5 Å². The third kappa shape index (κ3) is 3.13. The summed E-state index contributed by atoms with van der Waals surface area (Å²) < 4.78 is 4.08. The Labute approximate surface area is 126 Å². The number of aryl methyl sites for hydroxylation is 1. The van der Waals surface area contributed by atoms with Crippen LogP contribution in [0.25, 0.3) is 0 Å². The molecule has 1 aliphatic rings. The molecular weight excluding hydrogens is 286 g/mol. The van der Waals surface area contributed by atoms with E-state index in [-0.39, 0.29) is 11.7 Å². The molecule has 0 bridgehead atoms. The van der Waals surface area contributed by atoms with Gasteiger partial charge in [0.2, 0.25) is 0 Å². The molecule has 1 aliphatic carbocycles. The maximum Gasteiger partial charge on any atom is 0.258 e. The highest BCUT2D eigenvalue weighted by Gasteiger charge is 2.27. The Morgan fingerprint density at radius 2 is 2.33 bits per heavy atom. The van der Waals surface area contributed by atoms with Crippen LogP contribution in [0.2, 0.25) is 0 Å². The van der Waals surface area contributed by atoms with Crippen molar-refractivity contribution in [3.63, 3.8) is 0 Å². The lowest BCUT2D eigenvalue weighted by molar-refractivity contribution is 0.0953. The predicted octanol–water partition coefficient (Wildman–Crippen LogP) is 1.93. The van der Waals surface area contributed by atoms with Crippen LogP contribution in [0.1, 0.15) is 34.3 Å². The molecule has 0 spiro atoms. The summed E-state index contributed by atoms with van der Waals surface area (Å²) in [5, 5.41) is 6.91. The molecule has 0 atom stereocenters. The van der Waals surface area contributed by atoms with E-state index in [4.69, 9.17) is 5.73 Å². The fraction of sp³-hybridized carbons (Fsp3) is 0.357. The van der Waals surface area contributed by atoms with Gasteiger partial charge in [0.05, 0.1) is 0 Å². The number of hydrogen-bond donors (Lipinski definition) is 3. The number of carbonyl (C=O) groups is 1. The van der Waals surface area contributed by atoms with Crippen LogP contribution in [0.15, 0.2) is 18.5 Å². The summed E-state index contributed by atoms with van der Waals surface area (Å²) in [5.74, 6) is 0.143. The minimum absolute atomic E-state index is 0.141. The lowest BCUT2D eigenvalue weighted by atomic mass is 10.1. The monoisotopic (exact) mass is 303 g/mol. The van der Waals surface area contributed by atoms with Crippen molar-refractivity contribution in [1.29, 1.82) is 0 Å². The summed E-state index contributed by atoms with van der Waals surface area (Å²) in [6.07, 6.45) is 5.66. The summed E-state index contributed by atoms with van der Waals surface area (Å²) >= 11 is 1.21. The maximum absolute atomic E-state index is 12.2. The number of anilines is 2. The number of pyridine rings is 1. The van der Waals surface area contributed by atoms with Crippen molar-refractivity contribution in [2.75, 3.05) is 11.1 Å². The van der Waals surface area contributed by atoms with Gasteiger partial charge in [-0.15, -0.1) is 0 Å². The zero-order chi connectivity index (χ0) is 14.8. The summed E-state index contributed by atoms with van der Waals surface area (Å²) in [6.45, 7) is 2.62. The number of carbonyl (C=O) groups excluding carboxylic acids is 1. The second kappa shape index (κ2) is 5.69. The van der Waals surface area contributed by atoms with E-state index in [1.54, 1.807) is 6.20 Å². The van der Waals surface area contributed by atoms with Crippen LogP contribution in [-0.4, -0.2) is 21.3 Å². The highest BCUT2D eigenvalue weighted by molar-refractivity contribution is 7.11. The molecule has 0 aromatic carbocycles. The lowest BCUT2D eigenvalue weighted by Crippen LogP contribution is -2.26. The third-order valence-corrected chi connectivity index (χ3v) is 4.25. The van der Waals surface area contributed by atoms with Crippen LogP contribution in [0.4, 0.5) is 10.8 Å². The lowest BCUT2D eigenvalue weighted by Gasteiger charge is -2.09. The quantitative estimate of drug-likeness (QED) is 0.785. The van der Waals surface area contributed by atoms with Crippen LogP contribution in [0.5, 0.6) is 0 Å². The smallest absolute Gasteiger partial charge is 0.258 e. The van der Waals surface area contributed by atoms with E-state index in [2.05, 4.69) is 20.0 Å². The molecule has 4 N–H and O–H groups in total. The zero-order valence-corrected chi connectivity index (χ0v) is 12.5. The van der Waals surface area contributed by atoms with Crippen LogP contribution in [0.3, 0.4) is 0 Å². The van der Waals surface area contributed by atoms with Crippen LogP contribution < -0.4 is 16.4 Å². The fourth-order valence-electron chi connectivity index (χ4n) is 2.00. The molecule has 7 heteroatoms. The van der Waals surface area contributed by atoms with E-state index in [1.807, 2.05) is 19.2 Å². The Hall–Kier alpha value is -2.15. The van der Waals surface area contributed by atoms with Crippen LogP contribution in [-0.2, 0) is 6.54 Å². The molecule has 0 radical (unpaired) electrons. The average Bonchev–Trinajstić information content (AvgIpc) is 3.19. The van der Waals surface area contributed by atoms with Gasteiger partial charge in [-0.05, 0) is 48.5 Å². The molecule has 2 aromatic heterocycles. The molecule has 21 heavy (non-hydrogen) atoms. The van der Waals surface area contributed by atoms with E-state index < -0.39 is 0 Å². The second-order valence-electron chi connectivity index (χ2n) is 5.18. The van der Waals surface area contributed by atoms with Gasteiger partial charge in [0.1, 0.15) is 10.6 Å². The first-order valence-electron chi connectivity index (χ1n) is 6.84. The highest BCUT2D eigenvalue weighted by Crippen LogP contribution is 2.29. The van der Waals surface area contributed by atoms with Crippen molar-refractivity contribution < 1.29 is 4.79 Å². The predicted molar refractivity (Wildman–Crippen MR) is 83.3 cm³/mol. The summed E-state index contributed by atoms with van der Waals surface area (Å²) in [5.41, 5.74) is 8.52. The second-order valence-corrected chi connectivity index (χ2v) is 5.95. The summed E-state index contributed by atoms with van der Waals surface area (Å²) in [4.78, 5) is 16.3. The first-order chi connectivity index (χ1) is 10.1. The van der Waals surface area contributed by atoms with E-state index in [0.29, 0.717) is 23.2 Å². The molecular formula is C14H17N5OS. The average molecular weight is 303 g/mol. The third-order valence-electron chi connectivity index (χ3n) is 3.43. The largest absolute Gasteiger partial charge is 0.382 e. The number of nitrogens with one attached hydrogen (secondary N) is 2. The number of nitrogen functional groups attached to an aromatic ring is 1. The van der Waals surface area contributed by atoms with Crippen molar-refractivity contribution in [1.82, 2.24) is 14.7 Å². The molecule has 2 aromatic rings. The SMILES string of the molecule is Cc1cnccc1CNc1snc(N)c1C(=O)NC1CC1. The Morgan fingerprint density at radius 1 is 1.52 bits per heavy atom. The van der Waals surface area contributed by atoms with Crippen molar-refractivity contribution in [3.8, 4) is 0 Å². The van der Waals surface area contributed by atoms with E-state index in [9.17, 15) is 4.79 Å². The van der Waals surface area contributed by atoms with Crippen LogP contribution in [0, 0.1) is 6.92 Å². The Balaban J connectivity index is 1.73. The number of aromatic nitrogens is 2. The van der Waals surface area contributed by atoms with Gasteiger partial charge in [0, 0.05) is 25.0 Å². The van der Waals surface area contributed by atoms with Crippen molar-refractivity contribution in [2.45, 2.75) is 32.4 Å². The first kappa shape index (κ1) is 13.8. The summed E-state index contributed by atoms with van der Waals surface area (Å²) in [7, 11) is 0. The molecule has 110 valence electrons. The molecule has 6 nitrogen and oxygen atoms in total. The molecule has 0 unspecified atom stereocenters. The van der Waals surface area contributed by atoms with Gasteiger partial charge in [0.25, 0.3) is 5.91 Å².